The molecule has 1 aliphatic carbocycles. The summed E-state index contributed by atoms with van der Waals surface area (Å²) in [6, 6.07) is 0. The lowest BCUT2D eigenvalue weighted by Crippen LogP contribution is -2.50. The van der Waals surface area contributed by atoms with Crippen molar-refractivity contribution in [2.45, 2.75) is 45.1 Å². The molecule has 3 heteroatoms. The fourth-order valence-electron chi connectivity index (χ4n) is 1.51. The number of hydrogen-bond acceptors (Lipinski definition) is 2. The fraction of sp³-hybridized carbons (Fsp3) is 0.900. The van der Waals surface area contributed by atoms with Crippen molar-refractivity contribution < 1.29 is 4.79 Å². The monoisotopic (exact) mass is 184 g/mol. The van der Waals surface area contributed by atoms with Gasteiger partial charge in [0.15, 0.2) is 0 Å². The standard InChI is InChI=1S/C10H20N2O/c1-8(2)7-12-9(13)6-10(11)4-3-5-10/h8H,3-7,11H2,1-2H3,(H,12,13). The zero-order chi connectivity index (χ0) is 9.90. The van der Waals surface area contributed by atoms with E-state index in [0.717, 1.165) is 19.4 Å². The highest BCUT2D eigenvalue weighted by atomic mass is 16.1. The van der Waals surface area contributed by atoms with Gasteiger partial charge in [-0.3, -0.25) is 4.79 Å². The lowest BCUT2D eigenvalue weighted by atomic mass is 9.75. The van der Waals surface area contributed by atoms with Crippen LogP contribution in [-0.4, -0.2) is 18.0 Å². The van der Waals surface area contributed by atoms with Gasteiger partial charge < -0.3 is 11.1 Å². The van der Waals surface area contributed by atoms with Gasteiger partial charge in [0.05, 0.1) is 0 Å². The smallest absolute Gasteiger partial charge is 0.221 e. The average Bonchev–Trinajstić information content (AvgIpc) is 1.98. The van der Waals surface area contributed by atoms with Crippen molar-refractivity contribution in [1.29, 1.82) is 0 Å². The Balaban J connectivity index is 2.17. The predicted octanol–water partition coefficient (Wildman–Crippen LogP) is 1.03. The summed E-state index contributed by atoms with van der Waals surface area (Å²) in [5, 5.41) is 2.89. The van der Waals surface area contributed by atoms with E-state index in [-0.39, 0.29) is 11.4 Å². The Morgan fingerprint density at radius 3 is 2.54 bits per heavy atom. The number of amides is 1. The van der Waals surface area contributed by atoms with Gasteiger partial charge in [0.25, 0.3) is 0 Å². The first kappa shape index (κ1) is 10.5. The van der Waals surface area contributed by atoms with Crippen LogP contribution in [0.2, 0.25) is 0 Å². The molecule has 1 aliphatic rings. The lowest BCUT2D eigenvalue weighted by Gasteiger charge is -2.37. The first-order valence-electron chi connectivity index (χ1n) is 5.07. The van der Waals surface area contributed by atoms with E-state index in [0.29, 0.717) is 12.3 Å². The molecule has 0 aromatic rings. The summed E-state index contributed by atoms with van der Waals surface area (Å²) in [6.45, 7) is 4.93. The Morgan fingerprint density at radius 1 is 1.54 bits per heavy atom. The second-order valence-electron chi connectivity index (χ2n) is 4.59. The van der Waals surface area contributed by atoms with Crippen LogP contribution in [0.5, 0.6) is 0 Å². The van der Waals surface area contributed by atoms with Crippen LogP contribution in [0, 0.1) is 5.92 Å². The summed E-state index contributed by atoms with van der Waals surface area (Å²) in [6.07, 6.45) is 3.68. The molecule has 3 nitrogen and oxygen atoms in total. The van der Waals surface area contributed by atoms with Crippen LogP contribution >= 0.6 is 0 Å². The Morgan fingerprint density at radius 2 is 2.15 bits per heavy atom. The zero-order valence-corrected chi connectivity index (χ0v) is 8.60. The SMILES string of the molecule is CC(C)CNC(=O)CC1(N)CCC1. The van der Waals surface area contributed by atoms with E-state index in [4.69, 9.17) is 5.73 Å². The van der Waals surface area contributed by atoms with Crippen LogP contribution in [0.25, 0.3) is 0 Å². The summed E-state index contributed by atoms with van der Waals surface area (Å²) < 4.78 is 0. The molecule has 0 unspecified atom stereocenters. The molecule has 0 radical (unpaired) electrons. The van der Waals surface area contributed by atoms with Crippen molar-refractivity contribution >= 4 is 5.91 Å². The van der Waals surface area contributed by atoms with Gasteiger partial charge in [-0.1, -0.05) is 13.8 Å². The van der Waals surface area contributed by atoms with E-state index < -0.39 is 0 Å². The Labute approximate surface area is 80.1 Å². The van der Waals surface area contributed by atoms with Crippen LogP contribution in [0.4, 0.5) is 0 Å². The van der Waals surface area contributed by atoms with E-state index in [9.17, 15) is 4.79 Å². The summed E-state index contributed by atoms with van der Waals surface area (Å²) in [5.74, 6) is 0.620. The minimum atomic E-state index is -0.180. The van der Waals surface area contributed by atoms with Crippen molar-refractivity contribution in [1.82, 2.24) is 5.32 Å². The van der Waals surface area contributed by atoms with E-state index >= 15 is 0 Å². The molecule has 1 amide bonds. The van der Waals surface area contributed by atoms with Crippen molar-refractivity contribution in [3.05, 3.63) is 0 Å². The van der Waals surface area contributed by atoms with Crippen LogP contribution in [0.15, 0.2) is 0 Å². The normalized spacial score (nSPS) is 19.7. The van der Waals surface area contributed by atoms with E-state index in [1.165, 1.54) is 6.42 Å². The number of carbonyl (C=O) groups is 1. The molecule has 3 N–H and O–H groups in total. The summed E-state index contributed by atoms with van der Waals surface area (Å²) in [4.78, 5) is 11.4. The van der Waals surface area contributed by atoms with Crippen molar-refractivity contribution in [3.63, 3.8) is 0 Å². The summed E-state index contributed by atoms with van der Waals surface area (Å²) in [7, 11) is 0. The summed E-state index contributed by atoms with van der Waals surface area (Å²) in [5.41, 5.74) is 5.77. The second-order valence-corrected chi connectivity index (χ2v) is 4.59. The first-order valence-corrected chi connectivity index (χ1v) is 5.07. The molecular formula is C10H20N2O. The molecule has 0 saturated heterocycles. The topological polar surface area (TPSA) is 55.1 Å². The molecule has 1 rings (SSSR count). The molecule has 13 heavy (non-hydrogen) atoms. The van der Waals surface area contributed by atoms with Gasteiger partial charge in [-0.05, 0) is 25.2 Å². The number of nitrogens with two attached hydrogens (primary N) is 1. The summed E-state index contributed by atoms with van der Waals surface area (Å²) >= 11 is 0. The van der Waals surface area contributed by atoms with Crippen molar-refractivity contribution in [2.24, 2.45) is 11.7 Å². The minimum Gasteiger partial charge on any atom is -0.356 e. The highest BCUT2D eigenvalue weighted by Crippen LogP contribution is 2.31. The van der Waals surface area contributed by atoms with Gasteiger partial charge in [-0.25, -0.2) is 0 Å². The van der Waals surface area contributed by atoms with Gasteiger partial charge in [0.1, 0.15) is 0 Å². The largest absolute Gasteiger partial charge is 0.356 e. The third kappa shape index (κ3) is 3.35. The molecule has 1 saturated carbocycles. The van der Waals surface area contributed by atoms with Gasteiger partial charge in [-0.15, -0.1) is 0 Å². The van der Waals surface area contributed by atoms with E-state index in [1.54, 1.807) is 0 Å². The Kier molecular flexibility index (Phi) is 3.31. The molecule has 1 fully saturated rings. The van der Waals surface area contributed by atoms with Gasteiger partial charge in [0.2, 0.25) is 5.91 Å². The van der Waals surface area contributed by atoms with Crippen LogP contribution in [0.1, 0.15) is 39.5 Å². The average molecular weight is 184 g/mol. The highest BCUT2D eigenvalue weighted by molar-refractivity contribution is 5.77. The van der Waals surface area contributed by atoms with Crippen LogP contribution < -0.4 is 11.1 Å². The molecule has 0 aromatic heterocycles. The molecule has 0 spiro atoms. The number of nitrogens with one attached hydrogen (secondary N) is 1. The molecule has 0 atom stereocenters. The number of carbonyl (C=O) groups excluding carboxylic acids is 1. The molecule has 0 bridgehead atoms. The maximum atomic E-state index is 11.4. The van der Waals surface area contributed by atoms with Crippen LogP contribution in [-0.2, 0) is 4.79 Å². The minimum absolute atomic E-state index is 0.107. The fourth-order valence-corrected chi connectivity index (χ4v) is 1.51. The maximum Gasteiger partial charge on any atom is 0.221 e. The van der Waals surface area contributed by atoms with Gasteiger partial charge in [0, 0.05) is 18.5 Å². The third-order valence-electron chi connectivity index (χ3n) is 2.57. The van der Waals surface area contributed by atoms with Crippen LogP contribution in [0.3, 0.4) is 0 Å². The van der Waals surface area contributed by atoms with Gasteiger partial charge in [-0.2, -0.15) is 0 Å². The Bertz CT molecular complexity index is 185. The van der Waals surface area contributed by atoms with E-state index in [2.05, 4.69) is 19.2 Å². The second kappa shape index (κ2) is 4.09. The van der Waals surface area contributed by atoms with Gasteiger partial charge >= 0.3 is 0 Å². The number of hydrogen-bond donors (Lipinski definition) is 2. The zero-order valence-electron chi connectivity index (χ0n) is 8.60. The lowest BCUT2D eigenvalue weighted by molar-refractivity contribution is -0.123. The Hall–Kier alpha value is -0.570. The third-order valence-corrected chi connectivity index (χ3v) is 2.57. The maximum absolute atomic E-state index is 11.4. The highest BCUT2D eigenvalue weighted by Gasteiger charge is 2.34. The predicted molar refractivity (Wildman–Crippen MR) is 53.2 cm³/mol. The molecule has 76 valence electrons. The first-order chi connectivity index (χ1) is 6.02. The number of rotatable bonds is 4. The molecule has 0 aliphatic heterocycles. The van der Waals surface area contributed by atoms with Crippen molar-refractivity contribution in [3.8, 4) is 0 Å². The molecular weight excluding hydrogens is 164 g/mol. The molecule has 0 heterocycles. The quantitative estimate of drug-likeness (QED) is 0.685. The van der Waals surface area contributed by atoms with Crippen molar-refractivity contribution in [2.75, 3.05) is 6.54 Å². The molecule has 0 aromatic carbocycles. The van der Waals surface area contributed by atoms with E-state index in [1.807, 2.05) is 0 Å².